The standard InChI is InChI=1S/C6H15NO6.C4H6O6/c8-1-4-11-7(12-5-2-9)13-6-3-10;5-1(3(7)8)2(6)4(9)10/h8-10H,1-6H2;1-2,5-6H,(H,7,8)(H,9,10). The van der Waals surface area contributed by atoms with Crippen molar-refractivity contribution in [2.45, 2.75) is 12.2 Å². The molecule has 2 unspecified atom stereocenters. The lowest BCUT2D eigenvalue weighted by Crippen LogP contribution is -2.39. The molecule has 7 N–H and O–H groups in total. The van der Waals surface area contributed by atoms with Gasteiger partial charge in [0.1, 0.15) is 0 Å². The molecular weight excluding hydrogens is 326 g/mol. The van der Waals surface area contributed by atoms with Crippen molar-refractivity contribution in [3.63, 3.8) is 0 Å². The predicted octanol–water partition coefficient (Wildman–Crippen LogP) is -4.06. The molecule has 0 radical (unpaired) electrons. The van der Waals surface area contributed by atoms with Gasteiger partial charge in [-0.25, -0.2) is 24.1 Å². The van der Waals surface area contributed by atoms with Gasteiger partial charge < -0.3 is 35.7 Å². The van der Waals surface area contributed by atoms with Gasteiger partial charge in [0.05, 0.1) is 45.0 Å². The Bertz CT molecular complexity index is 277. The van der Waals surface area contributed by atoms with Crippen molar-refractivity contribution >= 4 is 11.9 Å². The minimum Gasteiger partial charge on any atom is -0.479 e. The molecule has 0 amide bonds. The lowest BCUT2D eigenvalue weighted by atomic mass is 10.2. The minimum absolute atomic E-state index is 0.0108. The van der Waals surface area contributed by atoms with Crippen LogP contribution in [0.3, 0.4) is 0 Å². The Labute approximate surface area is 130 Å². The molecule has 2 atom stereocenters. The number of carboxylic acid groups (broad SMARTS) is 2. The molecular formula is C10H21NO12. The van der Waals surface area contributed by atoms with Crippen molar-refractivity contribution in [1.29, 1.82) is 0 Å². The van der Waals surface area contributed by atoms with E-state index in [9.17, 15) is 9.59 Å². The summed E-state index contributed by atoms with van der Waals surface area (Å²) in [6.07, 6.45) is -4.53. The van der Waals surface area contributed by atoms with Crippen LogP contribution in [0, 0.1) is 0 Å². The molecule has 0 rings (SSSR count). The number of aliphatic hydroxyl groups is 5. The summed E-state index contributed by atoms with van der Waals surface area (Å²) >= 11 is 0. The van der Waals surface area contributed by atoms with Crippen molar-refractivity contribution in [2.75, 3.05) is 39.6 Å². The Morgan fingerprint density at radius 1 is 0.739 bits per heavy atom. The Morgan fingerprint density at radius 3 is 1.17 bits per heavy atom. The molecule has 0 saturated heterocycles. The molecule has 0 heterocycles. The summed E-state index contributed by atoms with van der Waals surface area (Å²) in [5, 5.41) is 58.4. The van der Waals surface area contributed by atoms with Gasteiger partial charge in [-0.3, -0.25) is 0 Å². The molecule has 13 nitrogen and oxygen atoms in total. The average Bonchev–Trinajstić information content (AvgIpc) is 2.53. The van der Waals surface area contributed by atoms with Crippen LogP contribution in [0.15, 0.2) is 0 Å². The smallest absolute Gasteiger partial charge is 0.335 e. The lowest BCUT2D eigenvalue weighted by Gasteiger charge is -2.17. The third-order valence-electron chi connectivity index (χ3n) is 1.67. The second-order valence-corrected chi connectivity index (χ2v) is 3.46. The molecule has 23 heavy (non-hydrogen) atoms. The number of aliphatic hydroxyl groups excluding tert-OH is 5. The molecule has 0 aromatic rings. The minimum atomic E-state index is -2.27. The second-order valence-electron chi connectivity index (χ2n) is 3.46. The zero-order valence-electron chi connectivity index (χ0n) is 12.0. The van der Waals surface area contributed by atoms with E-state index in [0.29, 0.717) is 5.39 Å². The van der Waals surface area contributed by atoms with E-state index in [4.69, 9.17) is 50.3 Å². The van der Waals surface area contributed by atoms with Gasteiger partial charge >= 0.3 is 11.9 Å². The number of carboxylic acids is 2. The van der Waals surface area contributed by atoms with E-state index in [0.717, 1.165) is 0 Å². The van der Waals surface area contributed by atoms with Crippen LogP contribution in [0.1, 0.15) is 0 Å². The molecule has 0 bridgehead atoms. The molecule has 0 saturated carbocycles. The fourth-order valence-electron chi connectivity index (χ4n) is 0.728. The summed E-state index contributed by atoms with van der Waals surface area (Å²) in [5.74, 6) is -3.54. The van der Waals surface area contributed by atoms with Gasteiger partial charge in [-0.1, -0.05) is 0 Å². The summed E-state index contributed by atoms with van der Waals surface area (Å²) in [5.41, 5.74) is 0. The molecule has 0 aliphatic carbocycles. The van der Waals surface area contributed by atoms with E-state index >= 15 is 0 Å². The predicted molar refractivity (Wildman–Crippen MR) is 68.2 cm³/mol. The average molecular weight is 347 g/mol. The van der Waals surface area contributed by atoms with Gasteiger partial charge in [0.25, 0.3) is 0 Å². The van der Waals surface area contributed by atoms with Crippen LogP contribution >= 0.6 is 0 Å². The van der Waals surface area contributed by atoms with Crippen LogP contribution in [-0.4, -0.2) is 105 Å². The van der Waals surface area contributed by atoms with Gasteiger partial charge in [0.15, 0.2) is 12.2 Å². The van der Waals surface area contributed by atoms with Gasteiger partial charge in [-0.2, -0.15) is 0 Å². The fraction of sp³-hybridized carbons (Fsp3) is 0.800. The van der Waals surface area contributed by atoms with Crippen molar-refractivity contribution in [1.82, 2.24) is 5.39 Å². The molecule has 0 aromatic heterocycles. The van der Waals surface area contributed by atoms with Gasteiger partial charge in [0.2, 0.25) is 0 Å². The van der Waals surface area contributed by atoms with Gasteiger partial charge in [-0.15, -0.1) is 0 Å². The monoisotopic (exact) mass is 347 g/mol. The summed E-state index contributed by atoms with van der Waals surface area (Å²) in [6, 6.07) is 0. The van der Waals surface area contributed by atoms with E-state index in [1.807, 2.05) is 0 Å². The first-order valence-electron chi connectivity index (χ1n) is 6.14. The second kappa shape index (κ2) is 15.5. The molecule has 0 aliphatic heterocycles. The highest BCUT2D eigenvalue weighted by Gasteiger charge is 2.29. The SMILES string of the molecule is O=C(O)C(O)C(O)C(=O)O.OCCON(OCCO)OCCO. The van der Waals surface area contributed by atoms with Crippen LogP contribution in [0.2, 0.25) is 0 Å². The normalized spacial score (nSPS) is 13.1. The molecule has 138 valence electrons. The number of nitrogens with zero attached hydrogens (tertiary/aromatic N) is 1. The Kier molecular flexibility index (Phi) is 16.0. The van der Waals surface area contributed by atoms with E-state index in [-0.39, 0.29) is 39.6 Å². The Morgan fingerprint density at radius 2 is 1.00 bits per heavy atom. The number of hydrogen-bond donors (Lipinski definition) is 7. The van der Waals surface area contributed by atoms with Crippen molar-refractivity contribution in [3.05, 3.63) is 0 Å². The van der Waals surface area contributed by atoms with Crippen molar-refractivity contribution < 1.29 is 59.8 Å². The van der Waals surface area contributed by atoms with Gasteiger partial charge in [0, 0.05) is 0 Å². The Hall–Kier alpha value is -1.42. The maximum atomic E-state index is 9.77. The highest BCUT2D eigenvalue weighted by molar-refractivity contribution is 5.83. The van der Waals surface area contributed by atoms with Crippen molar-refractivity contribution in [2.24, 2.45) is 0 Å². The largest absolute Gasteiger partial charge is 0.479 e. The first kappa shape index (κ1) is 23.8. The highest BCUT2D eigenvalue weighted by atomic mass is 17.2. The van der Waals surface area contributed by atoms with Gasteiger partial charge in [-0.05, 0) is 0 Å². The molecule has 13 heteroatoms. The van der Waals surface area contributed by atoms with E-state index in [1.165, 1.54) is 0 Å². The summed E-state index contributed by atoms with van der Waals surface area (Å²) in [6.45, 7) is -0.505. The third-order valence-corrected chi connectivity index (χ3v) is 1.67. The van der Waals surface area contributed by atoms with Crippen LogP contribution in [0.25, 0.3) is 0 Å². The summed E-state index contributed by atoms with van der Waals surface area (Å²) < 4.78 is 0. The maximum Gasteiger partial charge on any atom is 0.335 e. The number of rotatable bonds is 12. The molecule has 0 fully saturated rings. The topological polar surface area (TPSA) is 207 Å². The third kappa shape index (κ3) is 13.9. The molecule has 0 spiro atoms. The van der Waals surface area contributed by atoms with Crippen LogP contribution < -0.4 is 0 Å². The van der Waals surface area contributed by atoms with E-state index in [2.05, 4.69) is 0 Å². The lowest BCUT2D eigenvalue weighted by molar-refractivity contribution is -0.527. The van der Waals surface area contributed by atoms with Crippen molar-refractivity contribution in [3.8, 4) is 0 Å². The Balaban J connectivity index is 0. The number of carbonyl (C=O) groups is 2. The first-order valence-corrected chi connectivity index (χ1v) is 6.14. The zero-order chi connectivity index (χ0) is 18.3. The zero-order valence-corrected chi connectivity index (χ0v) is 12.0. The first-order chi connectivity index (χ1) is 10.8. The van der Waals surface area contributed by atoms with Crippen LogP contribution in [-0.2, 0) is 24.1 Å². The summed E-state index contributed by atoms with van der Waals surface area (Å²) in [7, 11) is 0. The number of aliphatic carboxylic acids is 2. The maximum absolute atomic E-state index is 9.77. The number of hydrogen-bond acceptors (Lipinski definition) is 11. The van der Waals surface area contributed by atoms with Crippen LogP contribution in [0.4, 0.5) is 0 Å². The van der Waals surface area contributed by atoms with E-state index < -0.39 is 24.1 Å². The van der Waals surface area contributed by atoms with Crippen LogP contribution in [0.5, 0.6) is 0 Å². The highest BCUT2D eigenvalue weighted by Crippen LogP contribution is 1.94. The summed E-state index contributed by atoms with van der Waals surface area (Å²) in [4.78, 5) is 33.7. The molecule has 0 aromatic carbocycles. The molecule has 0 aliphatic rings. The quantitative estimate of drug-likeness (QED) is 0.168. The fourth-order valence-corrected chi connectivity index (χ4v) is 0.728. The van der Waals surface area contributed by atoms with E-state index in [1.54, 1.807) is 0 Å².